The SMILES string of the molecule is CN(C)NS(=O)(=O)c1cccnc1Cl. The summed E-state index contributed by atoms with van der Waals surface area (Å²) in [5, 5.41) is 1.28. The lowest BCUT2D eigenvalue weighted by Gasteiger charge is -2.12. The summed E-state index contributed by atoms with van der Waals surface area (Å²) in [5.74, 6) is 0. The molecule has 0 bridgehead atoms. The number of hydrogen-bond acceptors (Lipinski definition) is 4. The van der Waals surface area contributed by atoms with Crippen LogP contribution in [0.5, 0.6) is 0 Å². The third-order valence-electron chi connectivity index (χ3n) is 1.32. The fraction of sp³-hybridized carbons (Fsp3) is 0.286. The molecule has 0 fully saturated rings. The number of rotatable bonds is 3. The fourth-order valence-electron chi connectivity index (χ4n) is 0.861. The molecule has 7 heteroatoms. The zero-order valence-electron chi connectivity index (χ0n) is 7.73. The molecule has 0 saturated carbocycles. The average molecular weight is 236 g/mol. The van der Waals surface area contributed by atoms with E-state index in [4.69, 9.17) is 11.6 Å². The van der Waals surface area contributed by atoms with E-state index >= 15 is 0 Å². The van der Waals surface area contributed by atoms with Crippen molar-refractivity contribution in [2.75, 3.05) is 14.1 Å². The van der Waals surface area contributed by atoms with Crippen molar-refractivity contribution in [1.82, 2.24) is 14.8 Å². The van der Waals surface area contributed by atoms with E-state index in [0.29, 0.717) is 0 Å². The van der Waals surface area contributed by atoms with Crippen molar-refractivity contribution in [3.05, 3.63) is 23.5 Å². The Hall–Kier alpha value is -0.690. The third kappa shape index (κ3) is 2.65. The van der Waals surface area contributed by atoms with Crippen LogP contribution in [0.25, 0.3) is 0 Å². The Morgan fingerprint density at radius 2 is 2.14 bits per heavy atom. The second kappa shape index (κ2) is 4.22. The predicted molar refractivity (Wildman–Crippen MR) is 53.3 cm³/mol. The van der Waals surface area contributed by atoms with Crippen LogP contribution in [0, 0.1) is 0 Å². The van der Waals surface area contributed by atoms with Crippen LogP contribution in [-0.4, -0.2) is 32.5 Å². The molecule has 14 heavy (non-hydrogen) atoms. The Bertz CT molecular complexity index is 419. The number of hydrazine groups is 1. The van der Waals surface area contributed by atoms with Crippen LogP contribution in [0.4, 0.5) is 0 Å². The highest BCUT2D eigenvalue weighted by Crippen LogP contribution is 2.17. The van der Waals surface area contributed by atoms with E-state index in [9.17, 15) is 8.42 Å². The molecule has 0 amide bonds. The second-order valence-electron chi connectivity index (χ2n) is 2.78. The standard InChI is InChI=1S/C7H10ClN3O2S/c1-11(2)10-14(12,13)6-4-3-5-9-7(6)8/h3-5,10H,1-2H3. The lowest BCUT2D eigenvalue weighted by atomic mass is 10.5. The molecule has 1 N–H and O–H groups in total. The van der Waals surface area contributed by atoms with E-state index in [-0.39, 0.29) is 10.0 Å². The van der Waals surface area contributed by atoms with Crippen LogP contribution < -0.4 is 4.83 Å². The number of pyridine rings is 1. The van der Waals surface area contributed by atoms with Crippen molar-refractivity contribution in [3.63, 3.8) is 0 Å². The van der Waals surface area contributed by atoms with E-state index in [1.165, 1.54) is 23.3 Å². The maximum atomic E-state index is 11.6. The number of sulfonamides is 1. The summed E-state index contributed by atoms with van der Waals surface area (Å²) >= 11 is 5.64. The number of nitrogens with one attached hydrogen (secondary N) is 1. The van der Waals surface area contributed by atoms with Crippen LogP contribution >= 0.6 is 11.6 Å². The highest BCUT2D eigenvalue weighted by Gasteiger charge is 2.18. The topological polar surface area (TPSA) is 62.3 Å². The Morgan fingerprint density at radius 3 is 2.64 bits per heavy atom. The first kappa shape index (κ1) is 11.4. The van der Waals surface area contributed by atoms with Gasteiger partial charge >= 0.3 is 0 Å². The van der Waals surface area contributed by atoms with Gasteiger partial charge < -0.3 is 0 Å². The summed E-state index contributed by atoms with van der Waals surface area (Å²) in [6.45, 7) is 0. The van der Waals surface area contributed by atoms with Gasteiger partial charge in [-0.3, -0.25) is 0 Å². The van der Waals surface area contributed by atoms with Crippen molar-refractivity contribution in [2.24, 2.45) is 0 Å². The molecule has 0 radical (unpaired) electrons. The van der Waals surface area contributed by atoms with Crippen LogP contribution in [0.15, 0.2) is 23.2 Å². The number of nitrogens with zero attached hydrogens (tertiary/aromatic N) is 2. The Balaban J connectivity index is 3.11. The molecule has 0 unspecified atom stereocenters. The van der Waals surface area contributed by atoms with E-state index in [0.717, 1.165) is 0 Å². The first-order valence-corrected chi connectivity index (χ1v) is 5.60. The van der Waals surface area contributed by atoms with Crippen molar-refractivity contribution < 1.29 is 8.42 Å². The molecular formula is C7H10ClN3O2S. The minimum atomic E-state index is -3.61. The summed E-state index contributed by atoms with van der Waals surface area (Å²) < 4.78 is 23.2. The van der Waals surface area contributed by atoms with Gasteiger partial charge in [-0.25, -0.2) is 18.4 Å². The predicted octanol–water partition coefficient (Wildman–Crippen LogP) is 0.490. The van der Waals surface area contributed by atoms with Crippen molar-refractivity contribution in [1.29, 1.82) is 0 Å². The normalized spacial score (nSPS) is 12.0. The minimum Gasteiger partial charge on any atom is -0.243 e. The molecule has 1 aromatic rings. The molecule has 0 aliphatic heterocycles. The van der Waals surface area contributed by atoms with Gasteiger partial charge in [0, 0.05) is 20.3 Å². The highest BCUT2D eigenvalue weighted by molar-refractivity contribution is 7.89. The van der Waals surface area contributed by atoms with Crippen molar-refractivity contribution in [3.8, 4) is 0 Å². The van der Waals surface area contributed by atoms with E-state index < -0.39 is 10.0 Å². The number of halogens is 1. The molecule has 5 nitrogen and oxygen atoms in total. The molecule has 1 aromatic heterocycles. The Labute approximate surface area is 87.7 Å². The summed E-state index contributed by atoms with van der Waals surface area (Å²) in [6, 6.07) is 2.90. The van der Waals surface area contributed by atoms with Gasteiger partial charge in [-0.15, -0.1) is 4.83 Å². The van der Waals surface area contributed by atoms with Gasteiger partial charge in [0.05, 0.1) is 0 Å². The van der Waals surface area contributed by atoms with Crippen molar-refractivity contribution >= 4 is 21.6 Å². The lowest BCUT2D eigenvalue weighted by molar-refractivity contribution is 0.364. The van der Waals surface area contributed by atoms with E-state index in [1.807, 2.05) is 0 Å². The largest absolute Gasteiger partial charge is 0.256 e. The Kier molecular flexibility index (Phi) is 3.43. The van der Waals surface area contributed by atoms with Crippen LogP contribution in [0.3, 0.4) is 0 Å². The van der Waals surface area contributed by atoms with Crippen LogP contribution in [-0.2, 0) is 10.0 Å². The van der Waals surface area contributed by atoms with Gasteiger partial charge in [0.25, 0.3) is 10.0 Å². The lowest BCUT2D eigenvalue weighted by Crippen LogP contribution is -2.36. The molecule has 1 rings (SSSR count). The van der Waals surface area contributed by atoms with Gasteiger partial charge in [0.2, 0.25) is 0 Å². The molecular weight excluding hydrogens is 226 g/mol. The third-order valence-corrected chi connectivity index (χ3v) is 3.24. The average Bonchev–Trinajstić information content (AvgIpc) is 2.02. The Morgan fingerprint density at radius 1 is 1.50 bits per heavy atom. The monoisotopic (exact) mass is 235 g/mol. The van der Waals surface area contributed by atoms with Gasteiger partial charge in [0.1, 0.15) is 10.0 Å². The van der Waals surface area contributed by atoms with Gasteiger partial charge in [-0.05, 0) is 12.1 Å². The summed E-state index contributed by atoms with van der Waals surface area (Å²) in [7, 11) is -0.466. The van der Waals surface area contributed by atoms with Crippen LogP contribution in [0.1, 0.15) is 0 Å². The zero-order chi connectivity index (χ0) is 10.8. The molecule has 0 aromatic carbocycles. The molecule has 78 valence electrons. The molecule has 1 heterocycles. The number of aromatic nitrogens is 1. The summed E-state index contributed by atoms with van der Waals surface area (Å²) in [6.07, 6.45) is 1.43. The highest BCUT2D eigenvalue weighted by atomic mass is 35.5. The fourth-order valence-corrected chi connectivity index (χ4v) is 2.40. The maximum absolute atomic E-state index is 11.6. The van der Waals surface area contributed by atoms with Crippen LogP contribution in [0.2, 0.25) is 5.15 Å². The molecule has 0 saturated heterocycles. The quantitative estimate of drug-likeness (QED) is 0.612. The molecule has 0 aliphatic carbocycles. The van der Waals surface area contributed by atoms with Gasteiger partial charge in [-0.2, -0.15) is 0 Å². The van der Waals surface area contributed by atoms with E-state index in [1.54, 1.807) is 14.1 Å². The zero-order valence-corrected chi connectivity index (χ0v) is 9.30. The minimum absolute atomic E-state index is 0.0321. The molecule has 0 aliphatic rings. The summed E-state index contributed by atoms with van der Waals surface area (Å²) in [5.41, 5.74) is 0. The smallest absolute Gasteiger partial charge is 0.243 e. The molecule has 0 atom stereocenters. The first-order chi connectivity index (χ1) is 6.43. The van der Waals surface area contributed by atoms with E-state index in [2.05, 4.69) is 9.82 Å². The maximum Gasteiger partial charge on any atom is 0.256 e. The van der Waals surface area contributed by atoms with Gasteiger partial charge in [0.15, 0.2) is 0 Å². The number of hydrogen-bond donors (Lipinski definition) is 1. The van der Waals surface area contributed by atoms with Gasteiger partial charge in [-0.1, -0.05) is 11.6 Å². The second-order valence-corrected chi connectivity index (χ2v) is 4.77. The first-order valence-electron chi connectivity index (χ1n) is 3.74. The van der Waals surface area contributed by atoms with Crippen molar-refractivity contribution in [2.45, 2.75) is 4.90 Å². The molecule has 0 spiro atoms. The summed E-state index contributed by atoms with van der Waals surface area (Å²) in [4.78, 5) is 5.91.